The van der Waals surface area contributed by atoms with Gasteiger partial charge in [-0.05, 0) is 44.2 Å². The highest BCUT2D eigenvalue weighted by molar-refractivity contribution is 5.18. The Bertz CT molecular complexity index is 419. The van der Waals surface area contributed by atoms with Gasteiger partial charge in [-0.3, -0.25) is 0 Å². The minimum absolute atomic E-state index is 0.312. The van der Waals surface area contributed by atoms with Gasteiger partial charge in [0.15, 0.2) is 0 Å². The molecule has 0 radical (unpaired) electrons. The topological polar surface area (TPSA) is 21.3 Å². The number of nitrogens with one attached hydrogen (secondary N) is 1. The monoisotopic (exact) mass is 289 g/mol. The normalized spacial score (nSPS) is 29.9. The van der Waals surface area contributed by atoms with Crippen LogP contribution in [0.4, 0.5) is 0 Å². The third-order valence-electron chi connectivity index (χ3n) is 5.45. The van der Waals surface area contributed by atoms with Crippen molar-refractivity contribution in [3.8, 4) is 0 Å². The Morgan fingerprint density at radius 1 is 1.29 bits per heavy atom. The first-order valence-electron chi connectivity index (χ1n) is 8.51. The van der Waals surface area contributed by atoms with Crippen LogP contribution in [0.15, 0.2) is 30.3 Å². The van der Waals surface area contributed by atoms with E-state index in [1.165, 1.54) is 18.4 Å². The van der Waals surface area contributed by atoms with Gasteiger partial charge in [0.25, 0.3) is 0 Å². The van der Waals surface area contributed by atoms with Gasteiger partial charge in [-0.25, -0.2) is 0 Å². The summed E-state index contributed by atoms with van der Waals surface area (Å²) in [4.78, 5) is 0. The number of rotatable bonds is 8. The van der Waals surface area contributed by atoms with Gasteiger partial charge in [0.2, 0.25) is 0 Å². The molecule has 1 saturated carbocycles. The van der Waals surface area contributed by atoms with Crippen LogP contribution < -0.4 is 5.32 Å². The molecule has 0 saturated heterocycles. The molecule has 0 spiro atoms. The largest absolute Gasteiger partial charge is 0.378 e. The van der Waals surface area contributed by atoms with Crippen LogP contribution in [-0.2, 0) is 4.74 Å². The smallest absolute Gasteiger partial charge is 0.0658 e. The average molecular weight is 289 g/mol. The van der Waals surface area contributed by atoms with Crippen LogP contribution in [0.25, 0.3) is 0 Å². The molecule has 2 nitrogen and oxygen atoms in total. The summed E-state index contributed by atoms with van der Waals surface area (Å²) in [6.07, 6.45) is 3.98. The van der Waals surface area contributed by atoms with E-state index in [-0.39, 0.29) is 0 Å². The van der Waals surface area contributed by atoms with Gasteiger partial charge in [0.1, 0.15) is 0 Å². The Labute approximate surface area is 130 Å². The summed E-state index contributed by atoms with van der Waals surface area (Å²) in [6, 6.07) is 11.4. The maximum Gasteiger partial charge on any atom is 0.0658 e. The second kappa shape index (κ2) is 7.42. The Balaban J connectivity index is 1.77. The van der Waals surface area contributed by atoms with Gasteiger partial charge in [-0.1, -0.05) is 51.1 Å². The summed E-state index contributed by atoms with van der Waals surface area (Å²) in [7, 11) is 0. The van der Waals surface area contributed by atoms with Crippen LogP contribution in [0.5, 0.6) is 0 Å². The Morgan fingerprint density at radius 3 is 2.62 bits per heavy atom. The van der Waals surface area contributed by atoms with Gasteiger partial charge in [0.05, 0.1) is 6.10 Å². The quantitative estimate of drug-likeness (QED) is 0.767. The summed E-state index contributed by atoms with van der Waals surface area (Å²) in [5.41, 5.74) is 1.75. The van der Waals surface area contributed by atoms with Gasteiger partial charge < -0.3 is 10.1 Å². The Morgan fingerprint density at radius 2 is 2.00 bits per heavy atom. The van der Waals surface area contributed by atoms with E-state index in [0.717, 1.165) is 19.6 Å². The molecule has 1 fully saturated rings. The number of hydrogen-bond acceptors (Lipinski definition) is 2. The van der Waals surface area contributed by atoms with Crippen molar-refractivity contribution in [1.82, 2.24) is 5.32 Å². The molecule has 118 valence electrons. The maximum atomic E-state index is 5.87. The molecule has 1 aromatic rings. The minimum Gasteiger partial charge on any atom is -0.378 e. The van der Waals surface area contributed by atoms with E-state index < -0.39 is 0 Å². The molecule has 0 aromatic heterocycles. The maximum absolute atomic E-state index is 5.87. The van der Waals surface area contributed by atoms with E-state index in [1.807, 2.05) is 0 Å². The number of ether oxygens (including phenoxy) is 1. The zero-order valence-corrected chi connectivity index (χ0v) is 14.1. The lowest BCUT2D eigenvalue weighted by Gasteiger charge is -2.54. The number of benzene rings is 1. The summed E-state index contributed by atoms with van der Waals surface area (Å²) >= 11 is 0. The lowest BCUT2D eigenvalue weighted by molar-refractivity contribution is -0.125. The molecule has 1 aliphatic rings. The fourth-order valence-corrected chi connectivity index (χ4v) is 3.49. The van der Waals surface area contributed by atoms with Crippen LogP contribution in [0, 0.1) is 5.41 Å². The van der Waals surface area contributed by atoms with Crippen molar-refractivity contribution in [3.63, 3.8) is 0 Å². The predicted molar refractivity (Wildman–Crippen MR) is 89.7 cm³/mol. The Kier molecular flexibility index (Phi) is 5.83. The molecule has 0 heterocycles. The SMILES string of the molecule is CCOC1CC(NCCC(C)c2ccccc2)C1(C)CC. The van der Waals surface area contributed by atoms with E-state index >= 15 is 0 Å². The zero-order valence-electron chi connectivity index (χ0n) is 14.1. The first-order valence-corrected chi connectivity index (χ1v) is 8.51. The molecule has 0 aliphatic heterocycles. The van der Waals surface area contributed by atoms with Crippen molar-refractivity contribution >= 4 is 0 Å². The van der Waals surface area contributed by atoms with E-state index in [4.69, 9.17) is 4.74 Å². The number of hydrogen-bond donors (Lipinski definition) is 1. The fraction of sp³-hybridized carbons (Fsp3) is 0.684. The van der Waals surface area contributed by atoms with Crippen LogP contribution in [0.2, 0.25) is 0 Å². The first-order chi connectivity index (χ1) is 10.1. The van der Waals surface area contributed by atoms with Gasteiger partial charge in [-0.15, -0.1) is 0 Å². The lowest BCUT2D eigenvalue weighted by atomic mass is 9.61. The molecular weight excluding hydrogens is 258 g/mol. The fourth-order valence-electron chi connectivity index (χ4n) is 3.49. The minimum atomic E-state index is 0.312. The van der Waals surface area contributed by atoms with E-state index in [9.17, 15) is 0 Å². The van der Waals surface area contributed by atoms with Gasteiger partial charge in [0, 0.05) is 18.1 Å². The van der Waals surface area contributed by atoms with Crippen molar-refractivity contribution in [3.05, 3.63) is 35.9 Å². The van der Waals surface area contributed by atoms with Gasteiger partial charge >= 0.3 is 0 Å². The first kappa shape index (κ1) is 16.5. The molecule has 1 aromatic carbocycles. The highest BCUT2D eigenvalue weighted by Gasteiger charge is 2.50. The van der Waals surface area contributed by atoms with Crippen LogP contribution >= 0.6 is 0 Å². The third kappa shape index (κ3) is 3.67. The third-order valence-corrected chi connectivity index (χ3v) is 5.45. The second-order valence-electron chi connectivity index (χ2n) is 6.65. The summed E-state index contributed by atoms with van der Waals surface area (Å²) in [6.45, 7) is 11.0. The molecular formula is C19H31NO. The zero-order chi connectivity index (χ0) is 15.3. The Hall–Kier alpha value is -0.860. The van der Waals surface area contributed by atoms with Crippen molar-refractivity contribution in [2.75, 3.05) is 13.2 Å². The van der Waals surface area contributed by atoms with Crippen LogP contribution in [0.1, 0.15) is 58.4 Å². The van der Waals surface area contributed by atoms with Crippen LogP contribution in [-0.4, -0.2) is 25.3 Å². The molecule has 1 N–H and O–H groups in total. The van der Waals surface area contributed by atoms with Gasteiger partial charge in [-0.2, -0.15) is 0 Å². The van der Waals surface area contributed by atoms with Crippen molar-refractivity contribution in [2.45, 2.75) is 65.0 Å². The average Bonchev–Trinajstić information content (AvgIpc) is 2.53. The molecule has 4 unspecified atom stereocenters. The second-order valence-corrected chi connectivity index (χ2v) is 6.65. The molecule has 0 amide bonds. The summed E-state index contributed by atoms with van der Waals surface area (Å²) < 4.78 is 5.87. The highest BCUT2D eigenvalue weighted by atomic mass is 16.5. The summed E-state index contributed by atoms with van der Waals surface area (Å²) in [5, 5.41) is 3.77. The van der Waals surface area contributed by atoms with E-state index in [1.54, 1.807) is 0 Å². The van der Waals surface area contributed by atoms with E-state index in [0.29, 0.717) is 23.5 Å². The van der Waals surface area contributed by atoms with Crippen molar-refractivity contribution < 1.29 is 4.74 Å². The molecule has 1 aliphatic carbocycles. The van der Waals surface area contributed by atoms with E-state index in [2.05, 4.69) is 63.3 Å². The van der Waals surface area contributed by atoms with Crippen molar-refractivity contribution in [2.24, 2.45) is 5.41 Å². The molecule has 2 heteroatoms. The molecule has 4 atom stereocenters. The molecule has 21 heavy (non-hydrogen) atoms. The molecule has 2 rings (SSSR count). The summed E-state index contributed by atoms with van der Waals surface area (Å²) in [5.74, 6) is 0.620. The highest BCUT2D eigenvalue weighted by Crippen LogP contribution is 2.45. The standard InChI is InChI=1S/C19H31NO/c1-5-19(4)17(14-18(19)21-6-2)20-13-12-15(3)16-10-8-7-9-11-16/h7-11,15,17-18,20H,5-6,12-14H2,1-4H3. The molecule has 0 bridgehead atoms. The van der Waals surface area contributed by atoms with Crippen LogP contribution in [0.3, 0.4) is 0 Å². The van der Waals surface area contributed by atoms with Crippen molar-refractivity contribution in [1.29, 1.82) is 0 Å². The predicted octanol–water partition coefficient (Wildman–Crippen LogP) is 4.36. The lowest BCUT2D eigenvalue weighted by Crippen LogP contribution is -2.62.